The molecule has 0 unspecified atom stereocenters. The molecule has 0 aromatic rings. The first-order chi connectivity index (χ1) is 6.86. The van der Waals surface area contributed by atoms with Gasteiger partial charge in [-0.25, -0.2) is 4.99 Å². The van der Waals surface area contributed by atoms with Crippen LogP contribution in [-0.4, -0.2) is 35.1 Å². The molecular formula is C9H10IN3S. The topological polar surface area (TPSA) is 37.1 Å². The standard InChI is InChI=1S/C9H10IN3S/c10-9-5-13-6-12-3-7-1-2-11-4-8(7)14-9/h4-6,9H,1-3H2/b12-6-,13-5-/t9-/m1/s1. The first-order valence-electron chi connectivity index (χ1n) is 4.40. The average Bonchev–Trinajstić information content (AvgIpc) is 2.27. The van der Waals surface area contributed by atoms with Crippen molar-refractivity contribution in [1.29, 1.82) is 0 Å². The van der Waals surface area contributed by atoms with Gasteiger partial charge in [-0.1, -0.05) is 22.6 Å². The van der Waals surface area contributed by atoms with Gasteiger partial charge in [-0.2, -0.15) is 0 Å². The predicted octanol–water partition coefficient (Wildman–Crippen LogP) is 2.32. The molecule has 0 saturated carbocycles. The number of hydrogen-bond donors (Lipinski definition) is 0. The van der Waals surface area contributed by atoms with E-state index in [1.807, 2.05) is 12.4 Å². The molecule has 0 radical (unpaired) electrons. The highest BCUT2D eigenvalue weighted by Crippen LogP contribution is 2.30. The Morgan fingerprint density at radius 3 is 3.29 bits per heavy atom. The third-order valence-electron chi connectivity index (χ3n) is 1.97. The van der Waals surface area contributed by atoms with Crippen LogP contribution in [0.1, 0.15) is 6.42 Å². The number of aliphatic imine (C=N–C) groups is 3. The highest BCUT2D eigenvalue weighted by molar-refractivity contribution is 14.1. The van der Waals surface area contributed by atoms with E-state index in [2.05, 4.69) is 37.6 Å². The van der Waals surface area contributed by atoms with Gasteiger partial charge in [-0.3, -0.25) is 9.98 Å². The second kappa shape index (κ2) is 5.06. The van der Waals surface area contributed by atoms with Crippen molar-refractivity contribution in [3.63, 3.8) is 0 Å². The molecule has 0 saturated heterocycles. The van der Waals surface area contributed by atoms with Crippen LogP contribution in [-0.2, 0) is 0 Å². The molecule has 0 fully saturated rings. The fraction of sp³-hybridized carbons (Fsp3) is 0.444. The van der Waals surface area contributed by atoms with Crippen LogP contribution >= 0.6 is 34.4 Å². The summed E-state index contributed by atoms with van der Waals surface area (Å²) in [5, 5.41) is 0. The monoisotopic (exact) mass is 319 g/mol. The summed E-state index contributed by atoms with van der Waals surface area (Å²) in [5.74, 6) is 0. The first-order valence-corrected chi connectivity index (χ1v) is 6.53. The second-order valence-electron chi connectivity index (χ2n) is 2.98. The van der Waals surface area contributed by atoms with Crippen molar-refractivity contribution < 1.29 is 0 Å². The van der Waals surface area contributed by atoms with Crippen molar-refractivity contribution in [3.05, 3.63) is 10.5 Å². The Kier molecular flexibility index (Phi) is 3.74. The Balaban J connectivity index is 2.24. The number of thioether (sulfide) groups is 1. The maximum atomic E-state index is 4.30. The Hall–Kier alpha value is -0.170. The molecule has 0 N–H and O–H groups in total. The van der Waals surface area contributed by atoms with Gasteiger partial charge in [0.25, 0.3) is 0 Å². The molecule has 2 heterocycles. The molecular weight excluding hydrogens is 309 g/mol. The molecule has 5 heteroatoms. The van der Waals surface area contributed by atoms with Crippen LogP contribution in [0.5, 0.6) is 0 Å². The van der Waals surface area contributed by atoms with Crippen LogP contribution in [0.4, 0.5) is 0 Å². The molecule has 14 heavy (non-hydrogen) atoms. The minimum atomic E-state index is 0.367. The summed E-state index contributed by atoms with van der Waals surface area (Å²) >= 11 is 4.17. The lowest BCUT2D eigenvalue weighted by Crippen LogP contribution is -2.05. The van der Waals surface area contributed by atoms with Crippen LogP contribution in [0, 0.1) is 0 Å². The molecule has 0 spiro atoms. The Bertz CT molecular complexity index is 333. The van der Waals surface area contributed by atoms with E-state index in [-0.39, 0.29) is 0 Å². The second-order valence-corrected chi connectivity index (χ2v) is 6.35. The highest BCUT2D eigenvalue weighted by atomic mass is 127. The fourth-order valence-corrected chi connectivity index (χ4v) is 3.14. The summed E-state index contributed by atoms with van der Waals surface area (Å²) in [4.78, 5) is 13.9. The molecule has 1 atom stereocenters. The molecule has 2 rings (SSSR count). The number of nitrogens with zero attached hydrogens (tertiary/aromatic N) is 3. The van der Waals surface area contributed by atoms with Crippen LogP contribution < -0.4 is 0 Å². The van der Waals surface area contributed by atoms with Gasteiger partial charge < -0.3 is 0 Å². The molecule has 0 amide bonds. The fourth-order valence-electron chi connectivity index (χ4n) is 1.29. The third kappa shape index (κ3) is 2.66. The van der Waals surface area contributed by atoms with Crippen LogP contribution in [0.3, 0.4) is 0 Å². The van der Waals surface area contributed by atoms with Gasteiger partial charge in [0.05, 0.1) is 9.80 Å². The summed E-state index contributed by atoms with van der Waals surface area (Å²) in [6.45, 7) is 1.68. The summed E-state index contributed by atoms with van der Waals surface area (Å²) < 4.78 is 0.367. The van der Waals surface area contributed by atoms with E-state index < -0.39 is 0 Å². The van der Waals surface area contributed by atoms with Crippen molar-refractivity contribution in [3.8, 4) is 0 Å². The van der Waals surface area contributed by atoms with E-state index in [0.717, 1.165) is 19.5 Å². The Morgan fingerprint density at radius 2 is 2.36 bits per heavy atom. The van der Waals surface area contributed by atoms with E-state index in [4.69, 9.17) is 0 Å². The van der Waals surface area contributed by atoms with Crippen LogP contribution in [0.2, 0.25) is 0 Å². The van der Waals surface area contributed by atoms with Crippen molar-refractivity contribution in [2.75, 3.05) is 13.1 Å². The zero-order valence-electron chi connectivity index (χ0n) is 7.56. The maximum absolute atomic E-state index is 4.30. The number of allylic oxidation sites excluding steroid dienone is 1. The summed E-state index contributed by atoms with van der Waals surface area (Å²) in [6, 6.07) is 0. The molecule has 2 aliphatic rings. The lowest BCUT2D eigenvalue weighted by Gasteiger charge is -2.13. The number of hydrogen-bond acceptors (Lipinski definition) is 4. The smallest absolute Gasteiger partial charge is 0.109 e. The largest absolute Gasteiger partial charge is 0.292 e. The quantitative estimate of drug-likeness (QED) is 0.499. The van der Waals surface area contributed by atoms with E-state index in [9.17, 15) is 0 Å². The third-order valence-corrected chi connectivity index (χ3v) is 4.05. The first kappa shape index (κ1) is 10.4. The van der Waals surface area contributed by atoms with Crippen LogP contribution in [0.15, 0.2) is 25.5 Å². The Labute approximate surface area is 101 Å². The molecule has 0 aromatic heterocycles. The normalized spacial score (nSPS) is 31.4. The predicted molar refractivity (Wildman–Crippen MR) is 72.3 cm³/mol. The molecule has 2 aliphatic heterocycles. The van der Waals surface area contributed by atoms with Gasteiger partial charge in [0.2, 0.25) is 0 Å². The van der Waals surface area contributed by atoms with Crippen LogP contribution in [0.25, 0.3) is 0 Å². The molecule has 0 aromatic carbocycles. The van der Waals surface area contributed by atoms with Gasteiger partial charge in [-0.05, 0) is 12.0 Å². The molecule has 3 nitrogen and oxygen atoms in total. The summed E-state index contributed by atoms with van der Waals surface area (Å²) in [7, 11) is 0. The molecule has 0 bridgehead atoms. The number of halogens is 1. The summed E-state index contributed by atoms with van der Waals surface area (Å²) in [5.41, 5.74) is 1.40. The maximum Gasteiger partial charge on any atom is 0.109 e. The lowest BCUT2D eigenvalue weighted by molar-refractivity contribution is 0.903. The highest BCUT2D eigenvalue weighted by Gasteiger charge is 2.13. The van der Waals surface area contributed by atoms with E-state index >= 15 is 0 Å². The SMILES string of the molecule is I[C@H]1/C=N\C=N/CC2=C(C=NCC2)S1. The van der Waals surface area contributed by atoms with Gasteiger partial charge >= 0.3 is 0 Å². The van der Waals surface area contributed by atoms with E-state index in [1.165, 1.54) is 10.5 Å². The van der Waals surface area contributed by atoms with Crippen molar-refractivity contribution in [2.24, 2.45) is 15.0 Å². The van der Waals surface area contributed by atoms with Crippen molar-refractivity contribution in [2.45, 2.75) is 9.68 Å². The molecule has 0 aliphatic carbocycles. The number of dihydropyridines is 1. The summed E-state index contributed by atoms with van der Waals surface area (Å²) in [6.07, 6.45) is 6.57. The van der Waals surface area contributed by atoms with E-state index in [0.29, 0.717) is 3.26 Å². The number of alkyl halides is 1. The van der Waals surface area contributed by atoms with Gasteiger partial charge in [0, 0.05) is 23.9 Å². The van der Waals surface area contributed by atoms with Gasteiger partial charge in [0.15, 0.2) is 0 Å². The number of rotatable bonds is 0. The zero-order chi connectivity index (χ0) is 9.80. The minimum Gasteiger partial charge on any atom is -0.292 e. The van der Waals surface area contributed by atoms with Gasteiger partial charge in [-0.15, -0.1) is 11.8 Å². The lowest BCUT2D eigenvalue weighted by atomic mass is 10.1. The minimum absolute atomic E-state index is 0.367. The zero-order valence-corrected chi connectivity index (χ0v) is 10.5. The van der Waals surface area contributed by atoms with Crippen molar-refractivity contribution >= 4 is 53.1 Å². The van der Waals surface area contributed by atoms with Gasteiger partial charge in [0.1, 0.15) is 6.34 Å². The average molecular weight is 319 g/mol. The molecule has 74 valence electrons. The Morgan fingerprint density at radius 1 is 1.43 bits per heavy atom. The van der Waals surface area contributed by atoms with E-state index in [1.54, 1.807) is 18.1 Å². The van der Waals surface area contributed by atoms with Crippen molar-refractivity contribution in [1.82, 2.24) is 0 Å².